The number of carbonyl (C=O) groups excluding carboxylic acids is 1. The minimum absolute atomic E-state index is 0.0576. The van der Waals surface area contributed by atoms with Crippen LogP contribution in [0, 0.1) is 17.1 Å². The molecule has 7 heteroatoms. The lowest BCUT2D eigenvalue weighted by molar-refractivity contribution is -0.116. The van der Waals surface area contributed by atoms with Crippen LogP contribution in [0.3, 0.4) is 0 Å². The number of nitrogens with zero attached hydrogens (tertiary/aromatic N) is 2. The Balaban J connectivity index is 1.94. The Labute approximate surface area is 177 Å². The second kappa shape index (κ2) is 8.05. The van der Waals surface area contributed by atoms with Crippen molar-refractivity contribution in [2.75, 3.05) is 10.7 Å². The molecule has 1 atom stereocenters. The van der Waals surface area contributed by atoms with Crippen LogP contribution in [0.2, 0.25) is 0 Å². The topological polar surface area (TPSA) is 70.1 Å². The standard InChI is InChI=1S/C22H20FN3OS2/c1-2-28-22-15(10-11-29-22)19-16(12-24)21(25)26(14-8-6-13(23)7-9-14)17-4-3-5-18(27)20(17)19/h6-11,19H,2-5,25H2,1H3/t19-/m1/s1. The van der Waals surface area contributed by atoms with Gasteiger partial charge >= 0.3 is 0 Å². The molecule has 4 rings (SSSR count). The molecule has 1 aliphatic heterocycles. The first kappa shape index (κ1) is 19.7. The number of thiophene rings is 1. The number of anilines is 1. The Morgan fingerprint density at radius 3 is 2.76 bits per heavy atom. The fraction of sp³-hybridized carbons (Fsp3) is 0.273. The fourth-order valence-corrected chi connectivity index (χ4v) is 6.12. The van der Waals surface area contributed by atoms with E-state index in [1.165, 1.54) is 12.1 Å². The maximum atomic E-state index is 13.5. The Hall–Kier alpha value is -2.56. The minimum Gasteiger partial charge on any atom is -0.384 e. The van der Waals surface area contributed by atoms with E-state index in [0.29, 0.717) is 35.5 Å². The van der Waals surface area contributed by atoms with Gasteiger partial charge in [0.25, 0.3) is 0 Å². The van der Waals surface area contributed by atoms with Gasteiger partial charge in [-0.2, -0.15) is 5.26 Å². The molecule has 0 amide bonds. The van der Waals surface area contributed by atoms with Crippen molar-refractivity contribution in [1.82, 2.24) is 0 Å². The third-order valence-electron chi connectivity index (χ3n) is 5.24. The van der Waals surface area contributed by atoms with Crippen molar-refractivity contribution >= 4 is 34.6 Å². The number of carbonyl (C=O) groups is 1. The van der Waals surface area contributed by atoms with Gasteiger partial charge in [0.2, 0.25) is 0 Å². The predicted octanol–water partition coefficient (Wildman–Crippen LogP) is 5.30. The van der Waals surface area contributed by atoms with Gasteiger partial charge in [0.05, 0.1) is 21.8 Å². The van der Waals surface area contributed by atoms with Crippen LogP contribution in [0.1, 0.15) is 37.7 Å². The van der Waals surface area contributed by atoms with Crippen LogP contribution in [-0.4, -0.2) is 11.5 Å². The highest BCUT2D eigenvalue weighted by atomic mass is 32.2. The normalized spacial score (nSPS) is 19.4. The molecule has 0 unspecified atom stereocenters. The number of halogens is 1. The number of nitriles is 1. The molecule has 0 saturated heterocycles. The highest BCUT2D eigenvalue weighted by Gasteiger charge is 2.41. The quantitative estimate of drug-likeness (QED) is 0.673. The second-order valence-electron chi connectivity index (χ2n) is 6.89. The molecule has 0 fully saturated rings. The van der Waals surface area contributed by atoms with Gasteiger partial charge < -0.3 is 5.73 Å². The Morgan fingerprint density at radius 2 is 2.07 bits per heavy atom. The molecule has 148 valence electrons. The van der Waals surface area contributed by atoms with Gasteiger partial charge in [-0.15, -0.1) is 23.1 Å². The molecule has 2 N–H and O–H groups in total. The van der Waals surface area contributed by atoms with Gasteiger partial charge in [0.1, 0.15) is 11.6 Å². The Bertz CT molecular complexity index is 1060. The van der Waals surface area contributed by atoms with Crippen molar-refractivity contribution in [3.8, 4) is 6.07 Å². The summed E-state index contributed by atoms with van der Waals surface area (Å²) in [4.78, 5) is 14.8. The molecule has 2 heterocycles. The molecule has 0 saturated carbocycles. The van der Waals surface area contributed by atoms with Crippen LogP contribution >= 0.6 is 23.1 Å². The molecule has 2 aromatic rings. The lowest BCUT2D eigenvalue weighted by atomic mass is 9.76. The number of hydrogen-bond donors (Lipinski definition) is 1. The van der Waals surface area contributed by atoms with Crippen molar-refractivity contribution in [2.24, 2.45) is 5.73 Å². The van der Waals surface area contributed by atoms with E-state index in [4.69, 9.17) is 5.73 Å². The lowest BCUT2D eigenvalue weighted by Gasteiger charge is -2.39. The molecule has 0 spiro atoms. The SMILES string of the molecule is CCSc1sccc1[C@@H]1C(C#N)=C(N)N(c2ccc(F)cc2)C2=C1C(=O)CCC2. The Morgan fingerprint density at radius 1 is 1.31 bits per heavy atom. The molecule has 1 aromatic carbocycles. The second-order valence-corrected chi connectivity index (χ2v) is 9.34. The number of nitrogens with two attached hydrogens (primary N) is 1. The summed E-state index contributed by atoms with van der Waals surface area (Å²) in [6.07, 6.45) is 1.89. The van der Waals surface area contributed by atoms with Crippen LogP contribution in [-0.2, 0) is 4.79 Å². The number of Topliss-reactive ketones (excluding diaryl/α,β-unsaturated/α-hetero) is 1. The van der Waals surface area contributed by atoms with E-state index in [9.17, 15) is 14.4 Å². The van der Waals surface area contributed by atoms with Gasteiger partial charge in [-0.1, -0.05) is 6.92 Å². The number of rotatable bonds is 4. The molecule has 1 aromatic heterocycles. The van der Waals surface area contributed by atoms with Gasteiger partial charge in [0, 0.05) is 23.4 Å². The van der Waals surface area contributed by atoms with Crippen molar-refractivity contribution in [2.45, 2.75) is 36.3 Å². The molecule has 2 aliphatic rings. The summed E-state index contributed by atoms with van der Waals surface area (Å²) in [6, 6.07) is 10.3. The van der Waals surface area contributed by atoms with E-state index in [-0.39, 0.29) is 11.6 Å². The predicted molar refractivity (Wildman–Crippen MR) is 115 cm³/mol. The third-order valence-corrected chi connectivity index (χ3v) is 7.39. The minimum atomic E-state index is -0.445. The van der Waals surface area contributed by atoms with Gasteiger partial charge in [0.15, 0.2) is 5.78 Å². The van der Waals surface area contributed by atoms with E-state index >= 15 is 0 Å². The van der Waals surface area contributed by atoms with E-state index in [1.807, 2.05) is 11.4 Å². The van der Waals surface area contributed by atoms with Crippen LogP contribution in [0.5, 0.6) is 0 Å². The molecular formula is C22H20FN3OS2. The molecular weight excluding hydrogens is 405 g/mol. The number of ketones is 1. The average molecular weight is 426 g/mol. The van der Waals surface area contributed by atoms with E-state index in [1.54, 1.807) is 40.1 Å². The molecule has 29 heavy (non-hydrogen) atoms. The van der Waals surface area contributed by atoms with E-state index in [0.717, 1.165) is 27.6 Å². The largest absolute Gasteiger partial charge is 0.384 e. The maximum absolute atomic E-state index is 13.5. The smallest absolute Gasteiger partial charge is 0.161 e. The molecule has 1 aliphatic carbocycles. The van der Waals surface area contributed by atoms with Crippen LogP contribution in [0.25, 0.3) is 0 Å². The fourth-order valence-electron chi connectivity index (χ4n) is 4.05. The number of benzene rings is 1. The van der Waals surface area contributed by atoms with Gasteiger partial charge in [-0.3, -0.25) is 9.69 Å². The summed E-state index contributed by atoms with van der Waals surface area (Å²) >= 11 is 3.33. The summed E-state index contributed by atoms with van der Waals surface area (Å²) in [5.74, 6) is 0.487. The van der Waals surface area contributed by atoms with E-state index < -0.39 is 5.92 Å². The number of hydrogen-bond acceptors (Lipinski definition) is 6. The molecule has 4 nitrogen and oxygen atoms in total. The summed E-state index contributed by atoms with van der Waals surface area (Å²) in [5, 5.41) is 12.0. The van der Waals surface area contributed by atoms with Crippen LogP contribution in [0.15, 0.2) is 62.6 Å². The zero-order valence-corrected chi connectivity index (χ0v) is 17.6. The zero-order valence-electron chi connectivity index (χ0n) is 15.9. The molecule has 0 bridgehead atoms. The zero-order chi connectivity index (χ0) is 20.5. The Kier molecular flexibility index (Phi) is 5.48. The monoisotopic (exact) mass is 425 g/mol. The summed E-state index contributed by atoms with van der Waals surface area (Å²) in [6.45, 7) is 2.08. The summed E-state index contributed by atoms with van der Waals surface area (Å²) < 4.78 is 14.6. The van der Waals surface area contributed by atoms with Gasteiger partial charge in [-0.25, -0.2) is 4.39 Å². The third kappa shape index (κ3) is 3.37. The average Bonchev–Trinajstić information content (AvgIpc) is 3.16. The molecule has 0 radical (unpaired) electrons. The number of allylic oxidation sites excluding steroid dienone is 3. The van der Waals surface area contributed by atoms with Crippen molar-refractivity contribution in [3.05, 3.63) is 69.8 Å². The van der Waals surface area contributed by atoms with Gasteiger partial charge in [-0.05, 0) is 59.9 Å². The lowest BCUT2D eigenvalue weighted by Crippen LogP contribution is -2.38. The first-order chi connectivity index (χ1) is 14.1. The van der Waals surface area contributed by atoms with E-state index in [2.05, 4.69) is 13.0 Å². The summed E-state index contributed by atoms with van der Waals surface area (Å²) in [7, 11) is 0. The summed E-state index contributed by atoms with van der Waals surface area (Å²) in [5.41, 5.74) is 10.0. The maximum Gasteiger partial charge on any atom is 0.161 e. The highest BCUT2D eigenvalue weighted by Crippen LogP contribution is 2.49. The first-order valence-electron chi connectivity index (χ1n) is 9.48. The van der Waals surface area contributed by atoms with Crippen molar-refractivity contribution in [3.63, 3.8) is 0 Å². The number of thioether (sulfide) groups is 1. The van der Waals surface area contributed by atoms with Crippen molar-refractivity contribution in [1.29, 1.82) is 5.26 Å². The van der Waals surface area contributed by atoms with Crippen LogP contribution < -0.4 is 10.6 Å². The highest BCUT2D eigenvalue weighted by molar-refractivity contribution is 8.01. The first-order valence-corrected chi connectivity index (χ1v) is 11.3. The van der Waals surface area contributed by atoms with Crippen molar-refractivity contribution < 1.29 is 9.18 Å². The van der Waals surface area contributed by atoms with Crippen LogP contribution in [0.4, 0.5) is 10.1 Å².